The van der Waals surface area contributed by atoms with Gasteiger partial charge in [-0.25, -0.2) is 0 Å². The first kappa shape index (κ1) is 12.8. The highest BCUT2D eigenvalue weighted by Gasteiger charge is 2.28. The van der Waals surface area contributed by atoms with Crippen LogP contribution in [0.1, 0.15) is 35.6 Å². The van der Waals surface area contributed by atoms with Gasteiger partial charge in [0.15, 0.2) is 11.5 Å². The van der Waals surface area contributed by atoms with Crippen molar-refractivity contribution in [1.29, 1.82) is 0 Å². The molecule has 1 aliphatic carbocycles. The second kappa shape index (κ2) is 5.07. The van der Waals surface area contributed by atoms with Crippen molar-refractivity contribution >= 4 is 5.88 Å². The van der Waals surface area contributed by atoms with Gasteiger partial charge in [0.2, 0.25) is 5.88 Å². The Morgan fingerprint density at radius 1 is 1.25 bits per heavy atom. The van der Waals surface area contributed by atoms with Crippen LogP contribution >= 0.6 is 0 Å². The number of hydrogen-bond donors (Lipinski definition) is 1. The van der Waals surface area contributed by atoms with Crippen molar-refractivity contribution in [2.24, 2.45) is 0 Å². The Labute approximate surface area is 117 Å². The van der Waals surface area contributed by atoms with E-state index in [0.717, 1.165) is 47.6 Å². The summed E-state index contributed by atoms with van der Waals surface area (Å²) in [5, 5.41) is 4.14. The lowest BCUT2D eigenvalue weighted by Crippen LogP contribution is -2.11. The molecule has 0 radical (unpaired) electrons. The Morgan fingerprint density at radius 3 is 2.80 bits per heavy atom. The molecule has 5 heteroatoms. The summed E-state index contributed by atoms with van der Waals surface area (Å²) < 4.78 is 15.8. The fourth-order valence-electron chi connectivity index (χ4n) is 2.87. The Bertz CT molecular complexity index is 622. The topological polar surface area (TPSA) is 70.5 Å². The lowest BCUT2D eigenvalue weighted by atomic mass is 9.83. The standard InChI is InChI=1S/C15H18N2O3/c1-18-12-7-6-9(8-13(12)19-2)10-4-3-5-11-14(10)17-20-15(11)16/h6-8,10H,3-5,16H2,1-2H3. The summed E-state index contributed by atoms with van der Waals surface area (Å²) in [5.74, 6) is 2.12. The molecule has 0 spiro atoms. The van der Waals surface area contributed by atoms with E-state index in [1.807, 2.05) is 18.2 Å². The van der Waals surface area contributed by atoms with Crippen molar-refractivity contribution in [2.75, 3.05) is 20.0 Å². The van der Waals surface area contributed by atoms with E-state index in [2.05, 4.69) is 5.16 Å². The molecule has 1 aromatic carbocycles. The van der Waals surface area contributed by atoms with E-state index in [9.17, 15) is 0 Å². The fraction of sp³-hybridized carbons (Fsp3) is 0.400. The maximum atomic E-state index is 5.83. The Morgan fingerprint density at radius 2 is 2.05 bits per heavy atom. The van der Waals surface area contributed by atoms with Crippen LogP contribution in [0.4, 0.5) is 5.88 Å². The van der Waals surface area contributed by atoms with Gasteiger partial charge < -0.3 is 19.7 Å². The van der Waals surface area contributed by atoms with E-state index >= 15 is 0 Å². The van der Waals surface area contributed by atoms with Crippen LogP contribution in [0.25, 0.3) is 0 Å². The predicted molar refractivity (Wildman–Crippen MR) is 75.2 cm³/mol. The zero-order valence-corrected chi connectivity index (χ0v) is 11.7. The van der Waals surface area contributed by atoms with Crippen LogP contribution in [0.3, 0.4) is 0 Å². The van der Waals surface area contributed by atoms with Gasteiger partial charge in [0.1, 0.15) is 0 Å². The summed E-state index contributed by atoms with van der Waals surface area (Å²) in [6.45, 7) is 0. The number of hydrogen-bond acceptors (Lipinski definition) is 5. The second-order valence-corrected chi connectivity index (χ2v) is 4.97. The largest absolute Gasteiger partial charge is 0.493 e. The molecule has 20 heavy (non-hydrogen) atoms. The van der Waals surface area contributed by atoms with Crippen molar-refractivity contribution in [1.82, 2.24) is 5.16 Å². The number of nitrogens with two attached hydrogens (primary N) is 1. The molecule has 0 bridgehead atoms. The third-order valence-corrected chi connectivity index (χ3v) is 3.91. The number of anilines is 1. The van der Waals surface area contributed by atoms with E-state index in [-0.39, 0.29) is 5.92 Å². The van der Waals surface area contributed by atoms with Crippen LogP contribution in [0.5, 0.6) is 11.5 Å². The number of methoxy groups -OCH3 is 2. The van der Waals surface area contributed by atoms with Gasteiger partial charge >= 0.3 is 0 Å². The molecule has 0 saturated carbocycles. The molecule has 3 rings (SSSR count). The van der Waals surface area contributed by atoms with Gasteiger partial charge in [-0.05, 0) is 37.0 Å². The normalized spacial score (nSPS) is 17.6. The first-order valence-corrected chi connectivity index (χ1v) is 6.70. The lowest BCUT2D eigenvalue weighted by Gasteiger charge is -2.21. The van der Waals surface area contributed by atoms with Crippen molar-refractivity contribution in [3.05, 3.63) is 35.0 Å². The number of rotatable bonds is 3. The molecule has 0 fully saturated rings. The number of nitrogens with zero attached hydrogens (tertiary/aromatic N) is 1. The SMILES string of the molecule is COc1ccc(C2CCCc3c2noc3N)cc1OC. The van der Waals surface area contributed by atoms with Crippen molar-refractivity contribution in [3.8, 4) is 11.5 Å². The molecule has 1 heterocycles. The Kier molecular flexibility index (Phi) is 3.26. The van der Waals surface area contributed by atoms with Gasteiger partial charge in [-0.3, -0.25) is 0 Å². The summed E-state index contributed by atoms with van der Waals surface area (Å²) >= 11 is 0. The quantitative estimate of drug-likeness (QED) is 0.931. The molecule has 0 saturated heterocycles. The molecule has 2 aromatic rings. The molecule has 0 amide bonds. The van der Waals surface area contributed by atoms with Crippen molar-refractivity contribution in [2.45, 2.75) is 25.2 Å². The van der Waals surface area contributed by atoms with Gasteiger partial charge in [-0.15, -0.1) is 0 Å². The molecule has 1 aromatic heterocycles. The van der Waals surface area contributed by atoms with E-state index in [1.54, 1.807) is 14.2 Å². The smallest absolute Gasteiger partial charge is 0.225 e. The average molecular weight is 274 g/mol. The third-order valence-electron chi connectivity index (χ3n) is 3.91. The molecule has 2 N–H and O–H groups in total. The monoisotopic (exact) mass is 274 g/mol. The highest BCUT2D eigenvalue weighted by Crippen LogP contribution is 2.40. The molecule has 5 nitrogen and oxygen atoms in total. The van der Waals surface area contributed by atoms with Gasteiger partial charge in [-0.1, -0.05) is 11.2 Å². The average Bonchev–Trinajstić information content (AvgIpc) is 2.88. The predicted octanol–water partition coefficient (Wildman–Crippen LogP) is 2.74. The molecule has 1 aliphatic rings. The molecular formula is C15H18N2O3. The minimum absolute atomic E-state index is 0.208. The molecule has 0 aliphatic heterocycles. The van der Waals surface area contributed by atoms with Crippen LogP contribution in [-0.2, 0) is 6.42 Å². The van der Waals surface area contributed by atoms with Crippen molar-refractivity contribution < 1.29 is 14.0 Å². The van der Waals surface area contributed by atoms with Crippen LogP contribution < -0.4 is 15.2 Å². The second-order valence-electron chi connectivity index (χ2n) is 4.97. The van der Waals surface area contributed by atoms with Gasteiger partial charge in [0, 0.05) is 11.5 Å². The number of nitrogen functional groups attached to an aromatic ring is 1. The number of aromatic nitrogens is 1. The maximum absolute atomic E-state index is 5.83. The lowest BCUT2D eigenvalue weighted by molar-refractivity contribution is 0.354. The Hall–Kier alpha value is -2.17. The zero-order valence-electron chi connectivity index (χ0n) is 11.7. The maximum Gasteiger partial charge on any atom is 0.225 e. The third kappa shape index (κ3) is 1.99. The highest BCUT2D eigenvalue weighted by atomic mass is 16.5. The van der Waals surface area contributed by atoms with Crippen molar-refractivity contribution in [3.63, 3.8) is 0 Å². The minimum Gasteiger partial charge on any atom is -0.493 e. The van der Waals surface area contributed by atoms with Crippen LogP contribution in [0, 0.1) is 0 Å². The molecular weight excluding hydrogens is 256 g/mol. The summed E-state index contributed by atoms with van der Waals surface area (Å²) in [7, 11) is 3.27. The fourth-order valence-corrected chi connectivity index (χ4v) is 2.87. The summed E-state index contributed by atoms with van der Waals surface area (Å²) in [4.78, 5) is 0. The minimum atomic E-state index is 0.208. The van der Waals surface area contributed by atoms with E-state index in [0.29, 0.717) is 5.88 Å². The summed E-state index contributed by atoms with van der Waals surface area (Å²) in [5.41, 5.74) is 8.99. The number of benzene rings is 1. The van der Waals surface area contributed by atoms with Gasteiger partial charge in [0.25, 0.3) is 0 Å². The van der Waals surface area contributed by atoms with Crippen LogP contribution in [0.15, 0.2) is 22.7 Å². The van der Waals surface area contributed by atoms with Crippen LogP contribution in [0.2, 0.25) is 0 Å². The molecule has 1 atom stereocenters. The summed E-state index contributed by atoms with van der Waals surface area (Å²) in [6.07, 6.45) is 3.06. The van der Waals surface area contributed by atoms with E-state index in [4.69, 9.17) is 19.7 Å². The molecule has 106 valence electrons. The van der Waals surface area contributed by atoms with E-state index in [1.165, 1.54) is 0 Å². The summed E-state index contributed by atoms with van der Waals surface area (Å²) in [6, 6.07) is 5.97. The Balaban J connectivity index is 2.02. The highest BCUT2D eigenvalue weighted by molar-refractivity contribution is 5.49. The zero-order chi connectivity index (χ0) is 14.1. The van der Waals surface area contributed by atoms with E-state index < -0.39 is 0 Å². The number of ether oxygens (including phenoxy) is 2. The van der Waals surface area contributed by atoms with Gasteiger partial charge in [-0.2, -0.15) is 0 Å². The first-order valence-electron chi connectivity index (χ1n) is 6.70. The van der Waals surface area contributed by atoms with Crippen LogP contribution in [-0.4, -0.2) is 19.4 Å². The van der Waals surface area contributed by atoms with Gasteiger partial charge in [0.05, 0.1) is 19.9 Å². The first-order chi connectivity index (χ1) is 9.74. The molecule has 1 unspecified atom stereocenters. The number of fused-ring (bicyclic) bond motifs is 1.